The lowest BCUT2D eigenvalue weighted by Gasteiger charge is -2.30. The lowest BCUT2D eigenvalue weighted by atomic mass is 10.2. The number of nitrogens with two attached hydrogens (primary N) is 1. The molecule has 1 aromatic carbocycles. The molecule has 1 saturated heterocycles. The molecule has 0 radical (unpaired) electrons. The van der Waals surface area contributed by atoms with Crippen LogP contribution in [0.4, 0.5) is 5.69 Å². The normalized spacial score (nSPS) is 16.5. The maximum atomic E-state index is 5.63. The van der Waals surface area contributed by atoms with Gasteiger partial charge in [-0.25, -0.2) is 0 Å². The minimum Gasteiger partial charge on any atom is -0.379 e. The predicted molar refractivity (Wildman–Crippen MR) is 79.5 cm³/mol. The fraction of sp³-hybridized carbons (Fsp3) is 0.600. The highest BCUT2D eigenvalue weighted by molar-refractivity contribution is 5.47. The average molecular weight is 263 g/mol. The molecule has 0 bridgehead atoms. The summed E-state index contributed by atoms with van der Waals surface area (Å²) in [4.78, 5) is 4.89. The van der Waals surface area contributed by atoms with Crippen molar-refractivity contribution in [1.82, 2.24) is 4.90 Å². The molecule has 1 aliphatic heterocycles. The Morgan fingerprint density at radius 1 is 1.21 bits per heavy atom. The van der Waals surface area contributed by atoms with E-state index in [1.165, 1.54) is 11.3 Å². The molecule has 4 heteroatoms. The van der Waals surface area contributed by atoms with Gasteiger partial charge < -0.3 is 15.4 Å². The Kier molecular flexibility index (Phi) is 5.63. The molecule has 2 N–H and O–H groups in total. The Morgan fingerprint density at radius 2 is 1.89 bits per heavy atom. The Bertz CT molecular complexity index is 360. The summed E-state index contributed by atoms with van der Waals surface area (Å²) in [5.74, 6) is 0. The molecule has 0 aliphatic carbocycles. The first kappa shape index (κ1) is 14.3. The van der Waals surface area contributed by atoms with Gasteiger partial charge in [0.2, 0.25) is 0 Å². The topological polar surface area (TPSA) is 41.7 Å². The van der Waals surface area contributed by atoms with Crippen LogP contribution in [0.2, 0.25) is 0 Å². The van der Waals surface area contributed by atoms with E-state index in [1.807, 2.05) is 0 Å². The van der Waals surface area contributed by atoms with E-state index >= 15 is 0 Å². The Hall–Kier alpha value is -1.10. The molecule has 1 aliphatic rings. The van der Waals surface area contributed by atoms with E-state index in [1.54, 1.807) is 0 Å². The minimum atomic E-state index is 0.611. The zero-order valence-corrected chi connectivity index (χ0v) is 11.8. The van der Waals surface area contributed by atoms with Gasteiger partial charge >= 0.3 is 0 Å². The molecular weight excluding hydrogens is 238 g/mol. The summed E-state index contributed by atoms with van der Waals surface area (Å²) >= 11 is 0. The highest BCUT2D eigenvalue weighted by Gasteiger charge is 2.12. The van der Waals surface area contributed by atoms with E-state index in [2.05, 4.69) is 41.0 Å². The molecule has 1 heterocycles. The first-order valence-electron chi connectivity index (χ1n) is 7.17. The Balaban J connectivity index is 1.87. The molecule has 0 atom stereocenters. The SMILES string of the molecule is CCN(CCN1CCOCC1)c1ccc(CN)cc1. The van der Waals surface area contributed by atoms with Crippen molar-refractivity contribution in [3.05, 3.63) is 29.8 Å². The number of hydrogen-bond acceptors (Lipinski definition) is 4. The zero-order valence-electron chi connectivity index (χ0n) is 11.8. The summed E-state index contributed by atoms with van der Waals surface area (Å²) < 4.78 is 5.38. The fourth-order valence-electron chi connectivity index (χ4n) is 2.40. The van der Waals surface area contributed by atoms with E-state index in [0.29, 0.717) is 6.54 Å². The van der Waals surface area contributed by atoms with Gasteiger partial charge in [-0.05, 0) is 24.6 Å². The third kappa shape index (κ3) is 4.20. The maximum Gasteiger partial charge on any atom is 0.0594 e. The van der Waals surface area contributed by atoms with Crippen LogP contribution < -0.4 is 10.6 Å². The summed E-state index contributed by atoms with van der Waals surface area (Å²) in [6.45, 7) is 9.89. The second-order valence-electron chi connectivity index (χ2n) is 4.90. The molecule has 0 unspecified atom stereocenters. The molecule has 1 fully saturated rings. The van der Waals surface area contributed by atoms with Crippen molar-refractivity contribution in [2.45, 2.75) is 13.5 Å². The summed E-state index contributed by atoms with van der Waals surface area (Å²) in [6, 6.07) is 8.58. The van der Waals surface area contributed by atoms with Crippen LogP contribution in [-0.2, 0) is 11.3 Å². The van der Waals surface area contributed by atoms with Crippen LogP contribution in [0.5, 0.6) is 0 Å². The second-order valence-corrected chi connectivity index (χ2v) is 4.90. The first-order chi connectivity index (χ1) is 9.33. The number of nitrogens with zero attached hydrogens (tertiary/aromatic N) is 2. The average Bonchev–Trinajstić information content (AvgIpc) is 2.49. The largest absolute Gasteiger partial charge is 0.379 e. The number of anilines is 1. The Labute approximate surface area is 116 Å². The summed E-state index contributed by atoms with van der Waals surface area (Å²) in [7, 11) is 0. The van der Waals surface area contributed by atoms with Crippen LogP contribution in [0, 0.1) is 0 Å². The number of hydrogen-bond donors (Lipinski definition) is 1. The number of rotatable bonds is 6. The third-order valence-electron chi connectivity index (χ3n) is 3.71. The molecule has 19 heavy (non-hydrogen) atoms. The van der Waals surface area contributed by atoms with Gasteiger partial charge in [-0.1, -0.05) is 12.1 Å². The highest BCUT2D eigenvalue weighted by Crippen LogP contribution is 2.15. The molecule has 4 nitrogen and oxygen atoms in total. The monoisotopic (exact) mass is 263 g/mol. The molecule has 0 spiro atoms. The summed E-state index contributed by atoms with van der Waals surface area (Å²) in [5.41, 5.74) is 8.11. The van der Waals surface area contributed by atoms with Crippen molar-refractivity contribution in [2.75, 3.05) is 50.8 Å². The summed E-state index contributed by atoms with van der Waals surface area (Å²) in [6.07, 6.45) is 0. The standard InChI is InChI=1S/C15H25N3O/c1-2-18(8-7-17-9-11-19-12-10-17)15-5-3-14(13-16)4-6-15/h3-6H,2,7-13,16H2,1H3. The van der Waals surface area contributed by atoms with Crippen LogP contribution in [0.1, 0.15) is 12.5 Å². The number of likely N-dealkylation sites (N-methyl/N-ethyl adjacent to an activating group) is 1. The second kappa shape index (κ2) is 7.48. The molecule has 2 rings (SSSR count). The van der Waals surface area contributed by atoms with Gasteiger partial charge in [-0.15, -0.1) is 0 Å². The number of ether oxygens (including phenoxy) is 1. The van der Waals surface area contributed by atoms with E-state index in [9.17, 15) is 0 Å². The van der Waals surface area contributed by atoms with E-state index < -0.39 is 0 Å². The van der Waals surface area contributed by atoms with Crippen molar-refractivity contribution < 1.29 is 4.74 Å². The van der Waals surface area contributed by atoms with E-state index in [4.69, 9.17) is 10.5 Å². The van der Waals surface area contributed by atoms with Crippen molar-refractivity contribution >= 4 is 5.69 Å². The van der Waals surface area contributed by atoms with Crippen LogP contribution in [0.25, 0.3) is 0 Å². The lowest BCUT2D eigenvalue weighted by molar-refractivity contribution is 0.0392. The number of morpholine rings is 1. The minimum absolute atomic E-state index is 0.611. The van der Waals surface area contributed by atoms with Gasteiger partial charge in [0.25, 0.3) is 0 Å². The van der Waals surface area contributed by atoms with E-state index in [0.717, 1.165) is 45.9 Å². The molecular formula is C15H25N3O. The lowest BCUT2D eigenvalue weighted by Crippen LogP contribution is -2.41. The van der Waals surface area contributed by atoms with Crippen molar-refractivity contribution in [1.29, 1.82) is 0 Å². The van der Waals surface area contributed by atoms with Gasteiger partial charge in [0.05, 0.1) is 13.2 Å². The summed E-state index contributed by atoms with van der Waals surface area (Å²) in [5, 5.41) is 0. The van der Waals surface area contributed by atoms with Gasteiger partial charge in [0, 0.05) is 45.0 Å². The maximum absolute atomic E-state index is 5.63. The van der Waals surface area contributed by atoms with Crippen LogP contribution >= 0.6 is 0 Å². The van der Waals surface area contributed by atoms with Gasteiger partial charge in [-0.2, -0.15) is 0 Å². The highest BCUT2D eigenvalue weighted by atomic mass is 16.5. The van der Waals surface area contributed by atoms with Crippen LogP contribution in [0.3, 0.4) is 0 Å². The third-order valence-corrected chi connectivity index (χ3v) is 3.71. The Morgan fingerprint density at radius 3 is 2.47 bits per heavy atom. The van der Waals surface area contributed by atoms with Crippen LogP contribution in [-0.4, -0.2) is 50.8 Å². The molecule has 0 amide bonds. The first-order valence-corrected chi connectivity index (χ1v) is 7.17. The molecule has 106 valence electrons. The van der Waals surface area contributed by atoms with Crippen molar-refractivity contribution in [3.8, 4) is 0 Å². The van der Waals surface area contributed by atoms with Gasteiger partial charge in [-0.3, -0.25) is 4.90 Å². The molecule has 0 saturated carbocycles. The van der Waals surface area contributed by atoms with Gasteiger partial charge in [0.15, 0.2) is 0 Å². The van der Waals surface area contributed by atoms with Crippen molar-refractivity contribution in [2.24, 2.45) is 5.73 Å². The quantitative estimate of drug-likeness (QED) is 0.840. The van der Waals surface area contributed by atoms with Crippen molar-refractivity contribution in [3.63, 3.8) is 0 Å². The van der Waals surface area contributed by atoms with Gasteiger partial charge in [0.1, 0.15) is 0 Å². The predicted octanol–water partition coefficient (Wildman–Crippen LogP) is 1.30. The smallest absolute Gasteiger partial charge is 0.0594 e. The molecule has 0 aromatic heterocycles. The zero-order chi connectivity index (χ0) is 13.5. The van der Waals surface area contributed by atoms with Crippen LogP contribution in [0.15, 0.2) is 24.3 Å². The number of benzene rings is 1. The fourth-order valence-corrected chi connectivity index (χ4v) is 2.40. The molecule has 1 aromatic rings. The van der Waals surface area contributed by atoms with E-state index in [-0.39, 0.29) is 0 Å².